The molecule has 0 spiro atoms. The van der Waals surface area contributed by atoms with Gasteiger partial charge in [-0.05, 0) is 19.8 Å². The first-order valence-electron chi connectivity index (χ1n) is 6.20. The average Bonchev–Trinajstić information content (AvgIpc) is 3.03. The normalized spacial score (nSPS) is 23.3. The quantitative estimate of drug-likeness (QED) is 0.777. The smallest absolute Gasteiger partial charge is 0.213 e. The van der Waals surface area contributed by atoms with Gasteiger partial charge in [-0.2, -0.15) is 5.10 Å². The van der Waals surface area contributed by atoms with Crippen molar-refractivity contribution in [2.24, 2.45) is 5.73 Å². The molecule has 2 rings (SSSR count). The lowest BCUT2D eigenvalue weighted by Gasteiger charge is -2.13. The number of ketones is 1. The topological polar surface area (TPSA) is 79.4 Å². The molecule has 1 aromatic heterocycles. The minimum atomic E-state index is -0.422. The number of aromatic nitrogens is 2. The van der Waals surface area contributed by atoms with Crippen molar-refractivity contribution in [2.75, 3.05) is 13.7 Å². The van der Waals surface area contributed by atoms with Gasteiger partial charge >= 0.3 is 0 Å². The largest absolute Gasteiger partial charge is 0.493 e. The van der Waals surface area contributed by atoms with Crippen LogP contribution in [0, 0.1) is 0 Å². The molecule has 1 aromatic rings. The molecule has 18 heavy (non-hydrogen) atoms. The predicted molar refractivity (Wildman–Crippen MR) is 65.7 cm³/mol. The van der Waals surface area contributed by atoms with E-state index < -0.39 is 6.10 Å². The molecule has 1 aliphatic rings. The van der Waals surface area contributed by atoms with E-state index in [4.69, 9.17) is 15.2 Å². The van der Waals surface area contributed by atoms with Crippen molar-refractivity contribution in [3.8, 4) is 5.75 Å². The Morgan fingerprint density at radius 2 is 2.44 bits per heavy atom. The van der Waals surface area contributed by atoms with Crippen LogP contribution in [0.5, 0.6) is 5.75 Å². The van der Waals surface area contributed by atoms with Crippen LogP contribution in [0.2, 0.25) is 0 Å². The summed E-state index contributed by atoms with van der Waals surface area (Å²) >= 11 is 0. The van der Waals surface area contributed by atoms with Gasteiger partial charge in [0.2, 0.25) is 5.78 Å². The number of ether oxygens (including phenoxy) is 2. The first-order chi connectivity index (χ1) is 8.71. The van der Waals surface area contributed by atoms with E-state index >= 15 is 0 Å². The number of carbonyl (C=O) groups excluding carboxylic acids is 1. The maximum absolute atomic E-state index is 12.4. The van der Waals surface area contributed by atoms with Crippen molar-refractivity contribution in [3.05, 3.63) is 11.9 Å². The third kappa shape index (κ3) is 2.26. The monoisotopic (exact) mass is 253 g/mol. The van der Waals surface area contributed by atoms with E-state index in [1.165, 1.54) is 7.11 Å². The second-order valence-electron chi connectivity index (χ2n) is 4.30. The number of methoxy groups -OCH3 is 1. The molecule has 6 heteroatoms. The zero-order chi connectivity index (χ0) is 13.1. The summed E-state index contributed by atoms with van der Waals surface area (Å²) in [5.74, 6) is 0.434. The summed E-state index contributed by atoms with van der Waals surface area (Å²) in [5.41, 5.74) is 6.04. The van der Waals surface area contributed by atoms with Crippen molar-refractivity contribution < 1.29 is 14.3 Å². The van der Waals surface area contributed by atoms with Crippen LogP contribution in [-0.2, 0) is 11.3 Å². The Morgan fingerprint density at radius 1 is 1.67 bits per heavy atom. The zero-order valence-electron chi connectivity index (χ0n) is 10.8. The van der Waals surface area contributed by atoms with Crippen LogP contribution in [0.4, 0.5) is 0 Å². The summed E-state index contributed by atoms with van der Waals surface area (Å²) in [6, 6.07) is 0. The van der Waals surface area contributed by atoms with Gasteiger partial charge in [0, 0.05) is 13.1 Å². The molecule has 0 bridgehead atoms. The fraction of sp³-hybridized carbons (Fsp3) is 0.667. The molecule has 1 fully saturated rings. The summed E-state index contributed by atoms with van der Waals surface area (Å²) in [4.78, 5) is 12.4. The number of Topliss-reactive ketones (excluding diaryl/α,β-unsaturated/α-hetero) is 1. The molecule has 0 radical (unpaired) electrons. The number of hydrogen-bond donors (Lipinski definition) is 1. The lowest BCUT2D eigenvalue weighted by molar-refractivity contribution is 0.0393. The van der Waals surface area contributed by atoms with Crippen LogP contribution in [0.1, 0.15) is 30.3 Å². The third-order valence-corrected chi connectivity index (χ3v) is 3.22. The van der Waals surface area contributed by atoms with Gasteiger partial charge in [-0.25, -0.2) is 0 Å². The standard InChI is InChI=1S/C12H19N3O3/c1-3-15-11(10(17-2)7-14-15)12(16)9-5-4-8(6-13)18-9/h7-9H,3-6,13H2,1-2H3. The van der Waals surface area contributed by atoms with Crippen LogP contribution in [0.25, 0.3) is 0 Å². The molecule has 2 atom stereocenters. The SMILES string of the molecule is CCn1ncc(OC)c1C(=O)C1CCC(CN)O1. The molecule has 0 aliphatic carbocycles. The lowest BCUT2D eigenvalue weighted by atomic mass is 10.1. The van der Waals surface area contributed by atoms with Gasteiger partial charge in [-0.3, -0.25) is 9.48 Å². The molecular weight excluding hydrogens is 234 g/mol. The second-order valence-corrected chi connectivity index (χ2v) is 4.30. The maximum atomic E-state index is 12.4. The zero-order valence-corrected chi connectivity index (χ0v) is 10.8. The van der Waals surface area contributed by atoms with Crippen molar-refractivity contribution in [2.45, 2.75) is 38.5 Å². The number of nitrogens with zero attached hydrogens (tertiary/aromatic N) is 2. The molecule has 0 aromatic carbocycles. The number of rotatable bonds is 5. The number of nitrogens with two attached hydrogens (primary N) is 1. The van der Waals surface area contributed by atoms with E-state index in [2.05, 4.69) is 5.10 Å². The average molecular weight is 253 g/mol. The van der Waals surface area contributed by atoms with Gasteiger partial charge in [0.15, 0.2) is 5.75 Å². The van der Waals surface area contributed by atoms with Crippen molar-refractivity contribution >= 4 is 5.78 Å². The Labute approximate surface area is 106 Å². The van der Waals surface area contributed by atoms with E-state index in [1.54, 1.807) is 10.9 Å². The lowest BCUT2D eigenvalue weighted by Crippen LogP contribution is -2.27. The van der Waals surface area contributed by atoms with Gasteiger partial charge in [0.05, 0.1) is 19.4 Å². The summed E-state index contributed by atoms with van der Waals surface area (Å²) in [7, 11) is 1.53. The van der Waals surface area contributed by atoms with E-state index in [-0.39, 0.29) is 11.9 Å². The van der Waals surface area contributed by atoms with Crippen molar-refractivity contribution in [1.29, 1.82) is 0 Å². The fourth-order valence-corrected chi connectivity index (χ4v) is 2.23. The fourth-order valence-electron chi connectivity index (χ4n) is 2.23. The summed E-state index contributed by atoms with van der Waals surface area (Å²) in [6.07, 6.45) is 2.66. The van der Waals surface area contributed by atoms with Crippen LogP contribution in [0.15, 0.2) is 6.20 Å². The minimum absolute atomic E-state index is 0.0112. The molecule has 100 valence electrons. The van der Waals surface area contributed by atoms with E-state index in [0.29, 0.717) is 31.0 Å². The maximum Gasteiger partial charge on any atom is 0.213 e. The minimum Gasteiger partial charge on any atom is -0.493 e. The molecule has 1 aliphatic heterocycles. The Bertz CT molecular complexity index is 409. The van der Waals surface area contributed by atoms with Gasteiger partial charge in [-0.1, -0.05) is 0 Å². The first kappa shape index (κ1) is 13.0. The first-order valence-corrected chi connectivity index (χ1v) is 6.20. The van der Waals surface area contributed by atoms with Gasteiger partial charge in [0.1, 0.15) is 11.8 Å². The highest BCUT2D eigenvalue weighted by molar-refractivity contribution is 6.00. The molecular formula is C12H19N3O3. The second kappa shape index (κ2) is 5.49. The summed E-state index contributed by atoms with van der Waals surface area (Å²) in [6.45, 7) is 3.01. The molecule has 2 N–H and O–H groups in total. The van der Waals surface area contributed by atoms with E-state index in [0.717, 1.165) is 6.42 Å². The summed E-state index contributed by atoms with van der Waals surface area (Å²) < 4.78 is 12.4. The number of carbonyl (C=O) groups is 1. The molecule has 0 saturated carbocycles. The summed E-state index contributed by atoms with van der Waals surface area (Å²) in [5, 5.41) is 4.13. The highest BCUT2D eigenvalue weighted by Crippen LogP contribution is 2.26. The highest BCUT2D eigenvalue weighted by atomic mass is 16.5. The molecule has 2 unspecified atom stereocenters. The Hall–Kier alpha value is -1.40. The molecule has 6 nitrogen and oxygen atoms in total. The Morgan fingerprint density at radius 3 is 3.00 bits per heavy atom. The van der Waals surface area contributed by atoms with Crippen molar-refractivity contribution in [1.82, 2.24) is 9.78 Å². The van der Waals surface area contributed by atoms with Crippen molar-refractivity contribution in [3.63, 3.8) is 0 Å². The molecule has 0 amide bonds. The van der Waals surface area contributed by atoms with Gasteiger partial charge in [-0.15, -0.1) is 0 Å². The van der Waals surface area contributed by atoms with Gasteiger partial charge < -0.3 is 15.2 Å². The van der Waals surface area contributed by atoms with E-state index in [1.807, 2.05) is 6.92 Å². The number of aryl methyl sites for hydroxylation is 1. The van der Waals surface area contributed by atoms with E-state index in [9.17, 15) is 4.79 Å². The Kier molecular flexibility index (Phi) is 3.98. The number of hydrogen-bond acceptors (Lipinski definition) is 5. The Balaban J connectivity index is 2.20. The van der Waals surface area contributed by atoms with Gasteiger partial charge in [0.25, 0.3) is 0 Å². The van der Waals surface area contributed by atoms with Crippen LogP contribution >= 0.6 is 0 Å². The van der Waals surface area contributed by atoms with Crippen LogP contribution in [-0.4, -0.2) is 41.4 Å². The predicted octanol–water partition coefficient (Wildman–Crippen LogP) is 0.601. The van der Waals surface area contributed by atoms with Crippen LogP contribution < -0.4 is 10.5 Å². The highest BCUT2D eigenvalue weighted by Gasteiger charge is 2.33. The molecule has 1 saturated heterocycles. The molecule has 2 heterocycles. The van der Waals surface area contributed by atoms with Crippen LogP contribution in [0.3, 0.4) is 0 Å². The third-order valence-electron chi connectivity index (χ3n) is 3.22.